The molecule has 1 atom stereocenters. The van der Waals surface area contributed by atoms with Crippen molar-refractivity contribution < 1.29 is 8.42 Å². The van der Waals surface area contributed by atoms with Crippen LogP contribution in [0, 0.1) is 34.6 Å². The largest absolute Gasteiger partial charge is 0.327 e. The normalized spacial score (nSPS) is 19.8. The topological polar surface area (TPSA) is 63.4 Å². The molecule has 1 unspecified atom stereocenters. The summed E-state index contributed by atoms with van der Waals surface area (Å²) in [7, 11) is -3.46. The summed E-state index contributed by atoms with van der Waals surface area (Å²) < 4.78 is 27.7. The van der Waals surface area contributed by atoms with Gasteiger partial charge in [0.1, 0.15) is 0 Å². The van der Waals surface area contributed by atoms with Gasteiger partial charge in [-0.15, -0.1) is 12.4 Å². The third-order valence-electron chi connectivity index (χ3n) is 4.95. The Labute approximate surface area is 140 Å². The third kappa shape index (κ3) is 3.18. The second-order valence-electron chi connectivity index (χ2n) is 6.22. The molecule has 22 heavy (non-hydrogen) atoms. The van der Waals surface area contributed by atoms with E-state index in [1.54, 1.807) is 4.31 Å². The van der Waals surface area contributed by atoms with Gasteiger partial charge in [-0.05, 0) is 75.3 Å². The molecule has 0 amide bonds. The van der Waals surface area contributed by atoms with Crippen molar-refractivity contribution in [3.05, 3.63) is 27.8 Å². The number of sulfonamides is 1. The van der Waals surface area contributed by atoms with Crippen LogP contribution in [0.5, 0.6) is 0 Å². The first-order valence-electron chi connectivity index (χ1n) is 7.50. The predicted octanol–water partition coefficient (Wildman–Crippen LogP) is 2.76. The molecule has 0 bridgehead atoms. The quantitative estimate of drug-likeness (QED) is 0.895. The van der Waals surface area contributed by atoms with Crippen molar-refractivity contribution in [2.75, 3.05) is 13.1 Å². The average molecular weight is 347 g/mol. The lowest BCUT2D eigenvalue weighted by atomic mass is 9.95. The maximum absolute atomic E-state index is 13.1. The summed E-state index contributed by atoms with van der Waals surface area (Å²) in [5.41, 5.74) is 11.0. The smallest absolute Gasteiger partial charge is 0.243 e. The molecule has 1 aromatic carbocycles. The fourth-order valence-corrected chi connectivity index (χ4v) is 5.27. The minimum atomic E-state index is -3.46. The molecule has 2 N–H and O–H groups in total. The summed E-state index contributed by atoms with van der Waals surface area (Å²) in [6.45, 7) is 10.9. The van der Waals surface area contributed by atoms with Gasteiger partial charge in [0.2, 0.25) is 10.0 Å². The van der Waals surface area contributed by atoms with Crippen molar-refractivity contribution in [1.29, 1.82) is 0 Å². The molecule has 4 nitrogen and oxygen atoms in total. The van der Waals surface area contributed by atoms with E-state index in [2.05, 4.69) is 6.92 Å². The van der Waals surface area contributed by atoms with Crippen molar-refractivity contribution in [3.63, 3.8) is 0 Å². The van der Waals surface area contributed by atoms with Crippen molar-refractivity contribution in [2.45, 2.75) is 58.4 Å². The van der Waals surface area contributed by atoms with E-state index in [4.69, 9.17) is 5.73 Å². The summed E-state index contributed by atoms with van der Waals surface area (Å²) in [4.78, 5) is 0.484. The highest BCUT2D eigenvalue weighted by Gasteiger charge is 2.32. The number of rotatable bonds is 2. The lowest BCUT2D eigenvalue weighted by Gasteiger charge is -2.31. The van der Waals surface area contributed by atoms with Crippen LogP contribution in [0.1, 0.15) is 40.7 Å². The standard InChI is InChI=1S/C16H26N2O2S.ClH/c1-10-11(2)13(4)16(14(5)12(10)3)21(19,20)18-8-6-7-15(17)9-18;/h15H,6-9,17H2,1-5H3;1H. The Morgan fingerprint density at radius 2 is 1.41 bits per heavy atom. The molecule has 0 aromatic heterocycles. The van der Waals surface area contributed by atoms with Gasteiger partial charge in [-0.2, -0.15) is 4.31 Å². The van der Waals surface area contributed by atoms with E-state index in [1.807, 2.05) is 27.7 Å². The first kappa shape index (κ1) is 19.4. The predicted molar refractivity (Wildman–Crippen MR) is 93.3 cm³/mol. The van der Waals surface area contributed by atoms with Crippen LogP contribution in [0.3, 0.4) is 0 Å². The zero-order chi connectivity index (χ0) is 15.9. The second-order valence-corrected chi connectivity index (χ2v) is 8.09. The molecule has 1 aromatic rings. The molecule has 0 saturated carbocycles. The van der Waals surface area contributed by atoms with E-state index in [9.17, 15) is 8.42 Å². The molecule has 0 aliphatic carbocycles. The second kappa shape index (κ2) is 6.87. The Morgan fingerprint density at radius 3 is 1.86 bits per heavy atom. The summed E-state index contributed by atoms with van der Waals surface area (Å²) in [5.74, 6) is 0. The molecule has 0 spiro atoms. The average Bonchev–Trinajstić information content (AvgIpc) is 2.43. The first-order valence-corrected chi connectivity index (χ1v) is 8.94. The van der Waals surface area contributed by atoms with Gasteiger partial charge in [0, 0.05) is 19.1 Å². The molecule has 1 aliphatic heterocycles. The molecule has 2 rings (SSSR count). The Balaban J connectivity index is 0.00000242. The summed E-state index contributed by atoms with van der Waals surface area (Å²) in [6, 6.07) is -0.0539. The lowest BCUT2D eigenvalue weighted by Crippen LogP contribution is -2.46. The Hall–Kier alpha value is -0.620. The first-order chi connectivity index (χ1) is 9.67. The fraction of sp³-hybridized carbons (Fsp3) is 0.625. The number of nitrogens with zero attached hydrogens (tertiary/aromatic N) is 1. The highest BCUT2D eigenvalue weighted by atomic mass is 35.5. The van der Waals surface area contributed by atoms with Gasteiger partial charge in [0.05, 0.1) is 4.90 Å². The van der Waals surface area contributed by atoms with Crippen LogP contribution in [-0.2, 0) is 10.0 Å². The highest BCUT2D eigenvalue weighted by Crippen LogP contribution is 2.32. The van der Waals surface area contributed by atoms with E-state index in [0.717, 1.165) is 35.1 Å². The number of nitrogens with two attached hydrogens (primary N) is 1. The molecule has 1 heterocycles. The monoisotopic (exact) mass is 346 g/mol. The van der Waals surface area contributed by atoms with Crippen LogP contribution >= 0.6 is 12.4 Å². The van der Waals surface area contributed by atoms with Crippen LogP contribution in [0.4, 0.5) is 0 Å². The van der Waals surface area contributed by atoms with Gasteiger partial charge in [0.15, 0.2) is 0 Å². The fourth-order valence-electron chi connectivity index (χ4n) is 3.17. The van der Waals surface area contributed by atoms with Gasteiger partial charge in [-0.1, -0.05) is 0 Å². The number of halogens is 1. The molecule has 1 aliphatic rings. The third-order valence-corrected chi connectivity index (χ3v) is 7.09. The minimum Gasteiger partial charge on any atom is -0.327 e. The SMILES string of the molecule is Cc1c(C)c(C)c(S(=O)(=O)N2CCCC(N)C2)c(C)c1C.Cl. The van der Waals surface area contributed by atoms with E-state index in [1.165, 1.54) is 5.56 Å². The Bertz CT molecular complexity index is 642. The molecule has 6 heteroatoms. The number of hydrogen-bond acceptors (Lipinski definition) is 3. The maximum atomic E-state index is 13.1. The zero-order valence-corrected chi connectivity index (χ0v) is 15.7. The highest BCUT2D eigenvalue weighted by molar-refractivity contribution is 7.89. The van der Waals surface area contributed by atoms with Gasteiger partial charge in [-0.25, -0.2) is 8.42 Å². The number of hydrogen-bond donors (Lipinski definition) is 1. The van der Waals surface area contributed by atoms with E-state index < -0.39 is 10.0 Å². The molecule has 126 valence electrons. The molecular weight excluding hydrogens is 320 g/mol. The Morgan fingerprint density at radius 1 is 0.955 bits per heavy atom. The van der Waals surface area contributed by atoms with Crippen molar-refractivity contribution in [1.82, 2.24) is 4.31 Å². The van der Waals surface area contributed by atoms with Gasteiger partial charge < -0.3 is 5.73 Å². The van der Waals surface area contributed by atoms with E-state index in [-0.39, 0.29) is 18.4 Å². The molecule has 1 fully saturated rings. The Kier molecular flexibility index (Phi) is 6.07. The molecule has 0 radical (unpaired) electrons. The van der Waals surface area contributed by atoms with E-state index >= 15 is 0 Å². The van der Waals surface area contributed by atoms with Crippen LogP contribution in [0.25, 0.3) is 0 Å². The van der Waals surface area contributed by atoms with Crippen molar-refractivity contribution in [3.8, 4) is 0 Å². The van der Waals surface area contributed by atoms with Crippen LogP contribution in [-0.4, -0.2) is 31.9 Å². The van der Waals surface area contributed by atoms with Crippen LogP contribution in [0.2, 0.25) is 0 Å². The van der Waals surface area contributed by atoms with Gasteiger partial charge >= 0.3 is 0 Å². The van der Waals surface area contributed by atoms with Gasteiger partial charge in [0.25, 0.3) is 0 Å². The minimum absolute atomic E-state index is 0. The zero-order valence-electron chi connectivity index (χ0n) is 14.1. The summed E-state index contributed by atoms with van der Waals surface area (Å²) in [6.07, 6.45) is 1.73. The van der Waals surface area contributed by atoms with E-state index in [0.29, 0.717) is 18.0 Å². The molecular formula is C16H27ClN2O2S. The van der Waals surface area contributed by atoms with Gasteiger partial charge in [-0.3, -0.25) is 0 Å². The van der Waals surface area contributed by atoms with Crippen LogP contribution < -0.4 is 5.73 Å². The number of piperidine rings is 1. The van der Waals surface area contributed by atoms with Crippen molar-refractivity contribution in [2.24, 2.45) is 5.73 Å². The summed E-state index contributed by atoms with van der Waals surface area (Å²) in [5, 5.41) is 0. The van der Waals surface area contributed by atoms with Crippen LogP contribution in [0.15, 0.2) is 4.90 Å². The number of benzene rings is 1. The van der Waals surface area contributed by atoms with Crippen molar-refractivity contribution >= 4 is 22.4 Å². The lowest BCUT2D eigenvalue weighted by molar-refractivity contribution is 0.316. The summed E-state index contributed by atoms with van der Waals surface area (Å²) >= 11 is 0. The maximum Gasteiger partial charge on any atom is 0.243 e. The molecule has 1 saturated heterocycles.